The van der Waals surface area contributed by atoms with E-state index >= 15 is 0 Å². The summed E-state index contributed by atoms with van der Waals surface area (Å²) in [6, 6.07) is 34.5. The third-order valence-electron chi connectivity index (χ3n) is 8.71. The summed E-state index contributed by atoms with van der Waals surface area (Å²) in [5.41, 5.74) is 2.22. The Bertz CT molecular complexity index is 2460. The molecular formula is C39H37KN2O7S4. The van der Waals surface area contributed by atoms with Gasteiger partial charge in [0.25, 0.3) is 0 Å². The van der Waals surface area contributed by atoms with Crippen LogP contribution in [0.4, 0.5) is 5.69 Å². The molecule has 0 aromatic heterocycles. The van der Waals surface area contributed by atoms with Crippen LogP contribution in [-0.2, 0) is 20.2 Å². The minimum absolute atomic E-state index is 0. The molecule has 270 valence electrons. The van der Waals surface area contributed by atoms with Crippen LogP contribution in [0.3, 0.4) is 0 Å². The fourth-order valence-corrected chi connectivity index (χ4v) is 9.22. The number of anilines is 1. The van der Waals surface area contributed by atoms with Crippen LogP contribution < -0.4 is 66.2 Å². The molecule has 0 radical (unpaired) electrons. The van der Waals surface area contributed by atoms with Gasteiger partial charge < -0.3 is 18.4 Å². The molecule has 0 bridgehead atoms. The monoisotopic (exact) mass is 812 g/mol. The molecule has 0 saturated carbocycles. The van der Waals surface area contributed by atoms with Crippen LogP contribution in [0, 0.1) is 0 Å². The van der Waals surface area contributed by atoms with Crippen molar-refractivity contribution < 1.29 is 81.7 Å². The maximum atomic E-state index is 12.7. The van der Waals surface area contributed by atoms with Gasteiger partial charge in [0.05, 0.1) is 21.6 Å². The Balaban J connectivity index is 0.00000541. The summed E-state index contributed by atoms with van der Waals surface area (Å²) in [5.74, 6) is 2.13. The topological polar surface area (TPSA) is 134 Å². The van der Waals surface area contributed by atoms with Gasteiger partial charge >= 0.3 is 51.4 Å². The Kier molecular flexibility index (Phi) is 14.5. The van der Waals surface area contributed by atoms with Crippen molar-refractivity contribution in [2.45, 2.75) is 33.4 Å². The number of hydrogen-bond donors (Lipinski definition) is 0. The largest absolute Gasteiger partial charge is 1.00 e. The molecule has 0 spiro atoms. The molecule has 0 unspecified atom stereocenters. The van der Waals surface area contributed by atoms with E-state index in [2.05, 4.69) is 47.6 Å². The van der Waals surface area contributed by atoms with Crippen LogP contribution in [0.5, 0.6) is 0 Å². The molecule has 6 rings (SSSR count). The van der Waals surface area contributed by atoms with E-state index in [1.807, 2.05) is 72.8 Å². The van der Waals surface area contributed by atoms with Crippen LogP contribution in [0.15, 0.2) is 139 Å². The SMILES string of the molecule is CCN(CCSc1ccccc1)c1ccc2c(-c3ccc(S(=O)(=O)[O-])cc3S(=O)(=O)[O-])c3ccc(=[N+](CC)CCSc4ccccc4)cc-3oc2c1.[K+]. The Morgan fingerprint density at radius 3 is 1.96 bits per heavy atom. The molecule has 53 heavy (non-hydrogen) atoms. The second-order valence-electron chi connectivity index (χ2n) is 11.9. The molecule has 0 fully saturated rings. The van der Waals surface area contributed by atoms with E-state index in [4.69, 9.17) is 4.42 Å². The molecule has 0 atom stereocenters. The molecule has 2 aliphatic rings. The van der Waals surface area contributed by atoms with E-state index in [0.29, 0.717) is 33.9 Å². The Morgan fingerprint density at radius 2 is 1.36 bits per heavy atom. The average molecular weight is 813 g/mol. The Morgan fingerprint density at radius 1 is 0.717 bits per heavy atom. The minimum Gasteiger partial charge on any atom is -0.744 e. The average Bonchev–Trinajstić information content (AvgIpc) is 3.13. The van der Waals surface area contributed by atoms with Crippen molar-refractivity contribution in [3.63, 3.8) is 0 Å². The maximum Gasteiger partial charge on any atom is 1.00 e. The molecule has 4 aromatic carbocycles. The van der Waals surface area contributed by atoms with E-state index < -0.39 is 30.0 Å². The minimum atomic E-state index is -5.22. The number of thioether (sulfide) groups is 2. The normalized spacial score (nSPS) is 12.5. The van der Waals surface area contributed by atoms with Crippen LogP contribution in [0.2, 0.25) is 0 Å². The second kappa shape index (κ2) is 18.4. The second-order valence-corrected chi connectivity index (χ2v) is 17.0. The van der Waals surface area contributed by atoms with Gasteiger partial charge in [0.15, 0.2) is 6.54 Å². The summed E-state index contributed by atoms with van der Waals surface area (Å²) in [5, 5.41) is 1.42. The van der Waals surface area contributed by atoms with Crippen LogP contribution in [0.1, 0.15) is 13.8 Å². The molecule has 0 amide bonds. The van der Waals surface area contributed by atoms with Gasteiger partial charge in [-0.3, -0.25) is 0 Å². The van der Waals surface area contributed by atoms with Gasteiger partial charge in [-0.1, -0.05) is 42.5 Å². The van der Waals surface area contributed by atoms with Crippen LogP contribution in [-0.4, -0.2) is 63.6 Å². The number of rotatable bonds is 14. The van der Waals surface area contributed by atoms with Crippen molar-refractivity contribution in [2.75, 3.05) is 42.6 Å². The zero-order valence-electron chi connectivity index (χ0n) is 29.6. The molecule has 1 aliphatic heterocycles. The van der Waals surface area contributed by atoms with Crippen LogP contribution in [0.25, 0.3) is 33.4 Å². The van der Waals surface area contributed by atoms with Crippen molar-refractivity contribution in [1.29, 1.82) is 0 Å². The summed E-state index contributed by atoms with van der Waals surface area (Å²) in [7, 11) is -10.3. The van der Waals surface area contributed by atoms with Gasteiger partial charge in [-0.15, -0.1) is 23.5 Å². The standard InChI is InChI=1S/C39H38N2O7S4.K/c1-3-40(21-23-49-30-11-7-5-8-12-30)28-15-18-33-36(25-28)48-37-26-29(41(4-2)22-24-50-31-13-9-6-10-14-31)16-19-34(37)39(33)35-20-17-32(51(42,43)44)27-38(35)52(45,46)47;/h5-20,25-27H,3-4,21-24H2,1-2H3,(H-,42,43,44,45,46,47);/q;+1/p-1. The summed E-state index contributed by atoms with van der Waals surface area (Å²) >= 11 is 3.52. The summed E-state index contributed by atoms with van der Waals surface area (Å²) in [6.45, 7) is 7.09. The zero-order valence-corrected chi connectivity index (χ0v) is 36.0. The van der Waals surface area contributed by atoms with E-state index in [-0.39, 0.29) is 56.9 Å². The van der Waals surface area contributed by atoms with E-state index in [9.17, 15) is 25.9 Å². The third-order valence-corrected chi connectivity index (χ3v) is 12.4. The molecule has 0 saturated heterocycles. The first kappa shape index (κ1) is 41.7. The van der Waals surface area contributed by atoms with Crippen molar-refractivity contribution in [3.05, 3.63) is 121 Å². The number of benzene rings is 5. The van der Waals surface area contributed by atoms with Gasteiger partial charge in [0.2, 0.25) is 5.36 Å². The van der Waals surface area contributed by atoms with Gasteiger partial charge in [0, 0.05) is 68.5 Å². The maximum absolute atomic E-state index is 12.7. The molecule has 1 aliphatic carbocycles. The molecule has 9 nitrogen and oxygen atoms in total. The fourth-order valence-electron chi connectivity index (χ4n) is 6.14. The van der Waals surface area contributed by atoms with Gasteiger partial charge in [-0.25, -0.2) is 21.4 Å². The third kappa shape index (κ3) is 10.2. The molecular weight excluding hydrogens is 776 g/mol. The van der Waals surface area contributed by atoms with Crippen molar-refractivity contribution >= 4 is 60.4 Å². The first-order valence-electron chi connectivity index (χ1n) is 16.7. The number of hydrogen-bond acceptors (Lipinski definition) is 10. The predicted molar refractivity (Wildman–Crippen MR) is 207 cm³/mol. The van der Waals surface area contributed by atoms with Crippen molar-refractivity contribution in [1.82, 2.24) is 4.58 Å². The van der Waals surface area contributed by atoms with E-state index in [0.717, 1.165) is 54.8 Å². The summed E-state index contributed by atoms with van der Waals surface area (Å²) in [6.07, 6.45) is 0. The number of nitrogens with zero attached hydrogens (tertiary/aromatic N) is 2. The Labute approximate surface area is 361 Å². The molecule has 1 heterocycles. The summed E-state index contributed by atoms with van der Waals surface area (Å²) < 4.78 is 82.4. The van der Waals surface area contributed by atoms with Crippen LogP contribution >= 0.6 is 23.5 Å². The molecule has 0 N–H and O–H groups in total. The van der Waals surface area contributed by atoms with E-state index in [1.54, 1.807) is 23.5 Å². The first-order chi connectivity index (χ1) is 25.0. The number of fused-ring (bicyclic) bond motifs is 2. The predicted octanol–water partition coefficient (Wildman–Crippen LogP) is 4.22. The molecule has 4 aromatic rings. The Hall–Kier alpha value is -2.47. The summed E-state index contributed by atoms with van der Waals surface area (Å²) in [4.78, 5) is 2.98. The van der Waals surface area contributed by atoms with Crippen molar-refractivity contribution in [3.8, 4) is 22.5 Å². The zero-order chi connectivity index (χ0) is 36.9. The van der Waals surface area contributed by atoms with E-state index in [1.165, 1.54) is 15.9 Å². The molecule has 14 heteroatoms. The quantitative estimate of drug-likeness (QED) is 0.0518. The van der Waals surface area contributed by atoms with Gasteiger partial charge in [-0.05, 0) is 68.4 Å². The van der Waals surface area contributed by atoms with Gasteiger partial charge in [-0.2, -0.15) is 0 Å². The fraction of sp³-hybridized carbons (Fsp3) is 0.205. The smallest absolute Gasteiger partial charge is 0.744 e. The van der Waals surface area contributed by atoms with Gasteiger partial charge in [0.1, 0.15) is 38.1 Å². The first-order valence-corrected chi connectivity index (χ1v) is 21.5. The van der Waals surface area contributed by atoms with Crippen molar-refractivity contribution in [2.24, 2.45) is 0 Å².